The summed E-state index contributed by atoms with van der Waals surface area (Å²) in [6, 6.07) is 13.6. The molecule has 1 aliphatic rings. The summed E-state index contributed by atoms with van der Waals surface area (Å²) in [5, 5.41) is 10.7. The van der Waals surface area contributed by atoms with E-state index >= 15 is 0 Å². The summed E-state index contributed by atoms with van der Waals surface area (Å²) in [6.07, 6.45) is 1.06. The quantitative estimate of drug-likeness (QED) is 0.459. The molecule has 2 N–H and O–H groups in total. The lowest BCUT2D eigenvalue weighted by Crippen LogP contribution is -2.48. The van der Waals surface area contributed by atoms with Crippen molar-refractivity contribution in [1.82, 2.24) is 30.3 Å². The van der Waals surface area contributed by atoms with Crippen molar-refractivity contribution in [2.24, 2.45) is 5.92 Å². The summed E-state index contributed by atoms with van der Waals surface area (Å²) >= 11 is 0. The summed E-state index contributed by atoms with van der Waals surface area (Å²) in [5.74, 6) is 1.28. The summed E-state index contributed by atoms with van der Waals surface area (Å²) in [4.78, 5) is 46.7. The number of ether oxygens (including phenoxy) is 2. The van der Waals surface area contributed by atoms with Crippen LogP contribution in [0.15, 0.2) is 48.5 Å². The lowest BCUT2D eigenvalue weighted by Gasteiger charge is -2.27. The van der Waals surface area contributed by atoms with E-state index in [1.807, 2.05) is 51.1 Å². The predicted molar refractivity (Wildman–Crippen MR) is 158 cm³/mol. The first kappa shape index (κ1) is 30.5. The number of rotatable bonds is 6. The third-order valence-corrected chi connectivity index (χ3v) is 7.18. The molecule has 0 radical (unpaired) electrons. The molecule has 11 nitrogen and oxygen atoms in total. The van der Waals surface area contributed by atoms with E-state index in [0.717, 1.165) is 5.56 Å². The molecule has 0 spiro atoms. The maximum absolute atomic E-state index is 14.0. The standard InChI is InChI=1S/C31H40N6O5/c1-20(2)19-23-30(39)32-21(3)29-34-28(22-11-7-6-8-12-22)35-37(29)18-17-36(16-10-15-26(38)33-23)31(40)27-24(41-4)13-9-14-25(27)42-5/h6-9,11-14,20-21,23H,10,15-19H2,1-5H3,(H,32,39)(H,33,38)/t21-,23-/m1/s1. The molecule has 0 bridgehead atoms. The number of hydrogen-bond donors (Lipinski definition) is 2. The number of fused-ring (bicyclic) bond motifs is 1. The van der Waals surface area contributed by atoms with Crippen molar-refractivity contribution < 1.29 is 23.9 Å². The van der Waals surface area contributed by atoms with Gasteiger partial charge in [0.15, 0.2) is 5.82 Å². The lowest BCUT2D eigenvalue weighted by atomic mass is 10.0. The van der Waals surface area contributed by atoms with Gasteiger partial charge in [-0.3, -0.25) is 14.4 Å². The van der Waals surface area contributed by atoms with E-state index in [1.54, 1.807) is 27.8 Å². The zero-order valence-electron chi connectivity index (χ0n) is 24.9. The van der Waals surface area contributed by atoms with Crippen LogP contribution in [0.5, 0.6) is 11.5 Å². The van der Waals surface area contributed by atoms with E-state index in [4.69, 9.17) is 19.6 Å². The van der Waals surface area contributed by atoms with Crippen LogP contribution in [0.4, 0.5) is 0 Å². The molecule has 2 atom stereocenters. The Hall–Kier alpha value is -4.41. The molecule has 4 rings (SSSR count). The zero-order chi connectivity index (χ0) is 30.2. The Balaban J connectivity index is 1.72. The molecule has 1 aromatic heterocycles. The van der Waals surface area contributed by atoms with E-state index in [2.05, 4.69) is 10.6 Å². The summed E-state index contributed by atoms with van der Waals surface area (Å²) in [5.41, 5.74) is 1.15. The zero-order valence-corrected chi connectivity index (χ0v) is 24.9. The number of methoxy groups -OCH3 is 2. The van der Waals surface area contributed by atoms with Gasteiger partial charge in [-0.15, -0.1) is 0 Å². The normalized spacial score (nSPS) is 18.5. The average molecular weight is 577 g/mol. The Morgan fingerprint density at radius 2 is 1.67 bits per heavy atom. The molecule has 0 fully saturated rings. The lowest BCUT2D eigenvalue weighted by molar-refractivity contribution is -0.129. The molecule has 3 aromatic rings. The third kappa shape index (κ3) is 7.26. The van der Waals surface area contributed by atoms with Crippen LogP contribution in [0, 0.1) is 5.92 Å². The number of carbonyl (C=O) groups excluding carboxylic acids is 3. The maximum Gasteiger partial charge on any atom is 0.261 e. The fraction of sp³-hybridized carbons (Fsp3) is 0.452. The first-order valence-electron chi connectivity index (χ1n) is 14.3. The second kappa shape index (κ2) is 14.0. The SMILES string of the molecule is COc1cccc(OC)c1C(=O)N1CCCC(=O)N[C@H](CC(C)C)C(=O)N[C@H](C)c2nc(-c3ccccc3)nn2CC1. The van der Waals surface area contributed by atoms with Gasteiger partial charge >= 0.3 is 0 Å². The van der Waals surface area contributed by atoms with Crippen molar-refractivity contribution in [3.8, 4) is 22.9 Å². The highest BCUT2D eigenvalue weighted by Crippen LogP contribution is 2.30. The molecule has 3 amide bonds. The summed E-state index contributed by atoms with van der Waals surface area (Å²) < 4.78 is 12.7. The maximum atomic E-state index is 14.0. The Morgan fingerprint density at radius 3 is 2.31 bits per heavy atom. The van der Waals surface area contributed by atoms with Crippen molar-refractivity contribution in [2.75, 3.05) is 27.3 Å². The average Bonchev–Trinajstić information content (AvgIpc) is 3.42. The van der Waals surface area contributed by atoms with Crippen LogP contribution in [-0.2, 0) is 16.1 Å². The number of carbonyl (C=O) groups is 3. The fourth-order valence-corrected chi connectivity index (χ4v) is 5.08. The molecular formula is C31H40N6O5. The molecular weight excluding hydrogens is 536 g/mol. The van der Waals surface area contributed by atoms with Crippen LogP contribution in [0.1, 0.15) is 62.3 Å². The van der Waals surface area contributed by atoms with E-state index in [1.165, 1.54) is 14.2 Å². The second-order valence-corrected chi connectivity index (χ2v) is 10.8. The van der Waals surface area contributed by atoms with Crippen molar-refractivity contribution in [2.45, 2.75) is 58.7 Å². The van der Waals surface area contributed by atoms with Gasteiger partial charge in [0.05, 0.1) is 26.8 Å². The van der Waals surface area contributed by atoms with Crippen LogP contribution >= 0.6 is 0 Å². The molecule has 0 saturated heterocycles. The van der Waals surface area contributed by atoms with E-state index < -0.39 is 12.1 Å². The minimum Gasteiger partial charge on any atom is -0.496 e. The van der Waals surface area contributed by atoms with E-state index in [9.17, 15) is 14.4 Å². The van der Waals surface area contributed by atoms with Gasteiger partial charge in [-0.05, 0) is 37.8 Å². The number of nitrogens with one attached hydrogen (secondary N) is 2. The van der Waals surface area contributed by atoms with Gasteiger partial charge in [-0.2, -0.15) is 5.10 Å². The first-order valence-corrected chi connectivity index (χ1v) is 14.3. The van der Waals surface area contributed by atoms with Crippen molar-refractivity contribution in [3.63, 3.8) is 0 Å². The highest BCUT2D eigenvalue weighted by Gasteiger charge is 2.28. The Kier molecular flexibility index (Phi) is 10.2. The van der Waals surface area contributed by atoms with Crippen LogP contribution in [0.25, 0.3) is 11.4 Å². The number of nitrogens with zero attached hydrogens (tertiary/aromatic N) is 4. The molecule has 1 aliphatic heterocycles. The van der Waals surface area contributed by atoms with E-state index in [0.29, 0.717) is 54.6 Å². The molecule has 42 heavy (non-hydrogen) atoms. The molecule has 11 heteroatoms. The number of aromatic nitrogens is 3. The summed E-state index contributed by atoms with van der Waals surface area (Å²) in [6.45, 7) is 6.76. The highest BCUT2D eigenvalue weighted by molar-refractivity contribution is 5.99. The Labute approximate surface area is 246 Å². The van der Waals surface area contributed by atoms with Crippen molar-refractivity contribution >= 4 is 17.7 Å². The molecule has 224 valence electrons. The molecule has 0 aliphatic carbocycles. The largest absolute Gasteiger partial charge is 0.496 e. The van der Waals surface area contributed by atoms with E-state index in [-0.39, 0.29) is 36.6 Å². The van der Waals surface area contributed by atoms with Crippen molar-refractivity contribution in [3.05, 3.63) is 59.9 Å². The Bertz CT molecular complexity index is 1370. The summed E-state index contributed by atoms with van der Waals surface area (Å²) in [7, 11) is 3.02. The minimum atomic E-state index is -0.691. The van der Waals surface area contributed by atoms with Gasteiger partial charge in [0, 0.05) is 25.1 Å². The number of amides is 3. The smallest absolute Gasteiger partial charge is 0.261 e. The third-order valence-electron chi connectivity index (χ3n) is 7.18. The highest BCUT2D eigenvalue weighted by atomic mass is 16.5. The number of hydrogen-bond acceptors (Lipinski definition) is 7. The second-order valence-electron chi connectivity index (χ2n) is 10.8. The van der Waals surface area contributed by atoms with Gasteiger partial charge < -0.3 is 25.0 Å². The minimum absolute atomic E-state index is 0.164. The van der Waals surface area contributed by atoms with Crippen LogP contribution < -0.4 is 20.1 Å². The van der Waals surface area contributed by atoms with Gasteiger partial charge in [0.25, 0.3) is 5.91 Å². The molecule has 0 unspecified atom stereocenters. The van der Waals surface area contributed by atoms with Gasteiger partial charge in [-0.1, -0.05) is 50.2 Å². The fourth-order valence-electron chi connectivity index (χ4n) is 5.08. The predicted octanol–water partition coefficient (Wildman–Crippen LogP) is 3.61. The number of benzene rings is 2. The van der Waals surface area contributed by atoms with Gasteiger partial charge in [-0.25, -0.2) is 9.67 Å². The van der Waals surface area contributed by atoms with Crippen LogP contribution in [-0.4, -0.2) is 70.7 Å². The van der Waals surface area contributed by atoms with Crippen molar-refractivity contribution in [1.29, 1.82) is 0 Å². The van der Waals surface area contributed by atoms with Gasteiger partial charge in [0.1, 0.15) is 28.9 Å². The molecule has 2 aromatic carbocycles. The van der Waals surface area contributed by atoms with Crippen LogP contribution in [0.3, 0.4) is 0 Å². The molecule has 0 saturated carbocycles. The van der Waals surface area contributed by atoms with Crippen LogP contribution in [0.2, 0.25) is 0 Å². The monoisotopic (exact) mass is 576 g/mol. The first-order chi connectivity index (χ1) is 20.2. The Morgan fingerprint density at radius 1 is 0.976 bits per heavy atom. The molecule has 2 heterocycles. The van der Waals surface area contributed by atoms with Gasteiger partial charge in [0.2, 0.25) is 11.8 Å². The topological polar surface area (TPSA) is 128 Å².